The van der Waals surface area contributed by atoms with Crippen molar-refractivity contribution < 1.29 is 66.7 Å². The highest BCUT2D eigenvalue weighted by atomic mass is 31.2. The average molecular weight is 937 g/mol. The molecule has 0 aliphatic carbocycles. The smallest absolute Gasteiger partial charge is 0.462 e. The lowest BCUT2D eigenvalue weighted by Crippen LogP contribution is -2.30. The van der Waals surface area contributed by atoms with Crippen LogP contribution < -0.4 is 0 Å². The van der Waals surface area contributed by atoms with Crippen LogP contribution >= 0.6 is 15.6 Å². The SMILES string of the molecule is CCCCC/C=C\C/C=C\CC(O)/C=C\C=C\CCCC(=O)OC[C@H](COP(=O)(O)OC[C@@H](O)COP(=O)(O)O)OC(=O)CCCCCCCCCCCCCCCCCC(C)C. The largest absolute Gasteiger partial charge is 0.472 e. The van der Waals surface area contributed by atoms with Crippen LogP contribution in [0.15, 0.2) is 48.6 Å². The third kappa shape index (κ3) is 46.4. The van der Waals surface area contributed by atoms with Crippen LogP contribution in [-0.4, -0.2) is 81.6 Å². The van der Waals surface area contributed by atoms with Gasteiger partial charge in [-0.1, -0.05) is 179 Å². The van der Waals surface area contributed by atoms with Crippen LogP contribution in [0, 0.1) is 5.92 Å². The lowest BCUT2D eigenvalue weighted by Gasteiger charge is -2.20. The summed E-state index contributed by atoms with van der Waals surface area (Å²) in [5.41, 5.74) is 0. The van der Waals surface area contributed by atoms with Gasteiger partial charge in [-0.05, 0) is 50.9 Å². The van der Waals surface area contributed by atoms with E-state index >= 15 is 0 Å². The van der Waals surface area contributed by atoms with Crippen LogP contribution in [0.5, 0.6) is 0 Å². The molecule has 0 amide bonds. The monoisotopic (exact) mass is 937 g/mol. The molecule has 0 bridgehead atoms. The number of hydrogen-bond acceptors (Lipinski definition) is 11. The first kappa shape index (κ1) is 61.0. The lowest BCUT2D eigenvalue weighted by atomic mass is 10.0. The molecule has 0 saturated carbocycles. The predicted octanol–water partition coefficient (Wildman–Crippen LogP) is 11.4. The molecule has 4 atom stereocenters. The minimum atomic E-state index is -4.88. The van der Waals surface area contributed by atoms with E-state index in [0.29, 0.717) is 25.7 Å². The molecular formula is C47H86O14P2. The Morgan fingerprint density at radius 1 is 0.571 bits per heavy atom. The number of carbonyl (C=O) groups excluding carboxylic acids is 2. The molecule has 0 spiro atoms. The van der Waals surface area contributed by atoms with Crippen LogP contribution in [0.3, 0.4) is 0 Å². The zero-order valence-electron chi connectivity index (χ0n) is 38.9. The molecule has 0 rings (SSSR count). The molecule has 368 valence electrons. The molecule has 0 aromatic carbocycles. The molecule has 0 aliphatic heterocycles. The Kier molecular flexibility index (Phi) is 40.2. The molecule has 16 heteroatoms. The Balaban J connectivity index is 4.61. The molecule has 2 unspecified atom stereocenters. The van der Waals surface area contributed by atoms with E-state index in [1.165, 1.54) is 89.9 Å². The Bertz CT molecular complexity index is 1330. The van der Waals surface area contributed by atoms with Crippen molar-refractivity contribution in [3.05, 3.63) is 48.6 Å². The quantitative estimate of drug-likeness (QED) is 0.0126. The van der Waals surface area contributed by atoms with Gasteiger partial charge in [-0.15, -0.1) is 0 Å². The summed E-state index contributed by atoms with van der Waals surface area (Å²) in [6.45, 7) is 3.92. The fourth-order valence-electron chi connectivity index (χ4n) is 6.31. The van der Waals surface area contributed by atoms with E-state index in [1.807, 2.05) is 18.2 Å². The Hall–Kier alpha value is -1.96. The third-order valence-corrected chi connectivity index (χ3v) is 11.4. The molecule has 0 heterocycles. The van der Waals surface area contributed by atoms with Crippen LogP contribution in [0.25, 0.3) is 0 Å². The zero-order chi connectivity index (χ0) is 46.9. The van der Waals surface area contributed by atoms with E-state index in [0.717, 1.165) is 44.4 Å². The first-order chi connectivity index (χ1) is 30.1. The number of hydrogen-bond donors (Lipinski definition) is 5. The number of unbranched alkanes of at least 4 members (excludes halogenated alkanes) is 18. The molecular weight excluding hydrogens is 850 g/mol. The molecule has 0 saturated heterocycles. The topological polar surface area (TPSA) is 216 Å². The third-order valence-electron chi connectivity index (χ3n) is 9.97. The predicted molar refractivity (Wildman–Crippen MR) is 250 cm³/mol. The summed E-state index contributed by atoms with van der Waals surface area (Å²) < 4.78 is 47.8. The number of esters is 2. The Labute approximate surface area is 380 Å². The van der Waals surface area contributed by atoms with Crippen molar-refractivity contribution in [3.63, 3.8) is 0 Å². The van der Waals surface area contributed by atoms with Gasteiger partial charge in [0.05, 0.1) is 25.9 Å². The van der Waals surface area contributed by atoms with Crippen molar-refractivity contribution in [1.29, 1.82) is 0 Å². The number of phosphoric ester groups is 2. The van der Waals surface area contributed by atoms with Crippen molar-refractivity contribution >= 4 is 27.6 Å². The van der Waals surface area contributed by atoms with E-state index < -0.39 is 72.3 Å². The van der Waals surface area contributed by atoms with Crippen molar-refractivity contribution in [2.45, 2.75) is 206 Å². The van der Waals surface area contributed by atoms with Gasteiger partial charge in [-0.2, -0.15) is 0 Å². The second-order valence-electron chi connectivity index (χ2n) is 16.7. The molecule has 0 fully saturated rings. The van der Waals surface area contributed by atoms with Gasteiger partial charge in [0.1, 0.15) is 12.7 Å². The van der Waals surface area contributed by atoms with Gasteiger partial charge in [0, 0.05) is 12.8 Å². The first-order valence-electron chi connectivity index (χ1n) is 23.8. The van der Waals surface area contributed by atoms with Gasteiger partial charge < -0.3 is 34.4 Å². The van der Waals surface area contributed by atoms with Crippen molar-refractivity contribution in [1.82, 2.24) is 0 Å². The van der Waals surface area contributed by atoms with Crippen LogP contribution in [0.4, 0.5) is 0 Å². The summed E-state index contributed by atoms with van der Waals surface area (Å²) in [7, 11) is -9.72. The number of aliphatic hydroxyl groups excluding tert-OH is 2. The number of carbonyl (C=O) groups is 2. The number of allylic oxidation sites excluding steroid dienone is 6. The molecule has 63 heavy (non-hydrogen) atoms. The standard InChI is InChI=1S/C47H86O14P2/c1-4-5-6-7-8-16-20-24-29-34-43(48)35-30-25-22-27-31-36-46(50)57-40-45(41-60-63(55,56)59-39-44(49)38-58-62(52,53)54)61-47(51)37-32-26-21-18-15-13-11-9-10-12-14-17-19-23-28-33-42(2)3/h8,16,22,24-25,29-30,35,42-45,48-49H,4-7,9-15,17-21,23,26-28,31-34,36-41H2,1-3H3,(H,55,56)(H2,52,53,54)/b16-8-,25-22+,29-24-,35-30-/t43?,44-,45+/m0/s1. The highest BCUT2D eigenvalue weighted by Gasteiger charge is 2.28. The molecule has 0 aromatic rings. The van der Waals surface area contributed by atoms with E-state index in [9.17, 15) is 33.8 Å². The average Bonchev–Trinajstić information content (AvgIpc) is 3.22. The van der Waals surface area contributed by atoms with Gasteiger partial charge in [-0.25, -0.2) is 9.13 Å². The van der Waals surface area contributed by atoms with Gasteiger partial charge in [0.25, 0.3) is 0 Å². The molecule has 0 aliphatic rings. The summed E-state index contributed by atoms with van der Waals surface area (Å²) in [6, 6.07) is 0. The van der Waals surface area contributed by atoms with E-state index in [1.54, 1.807) is 18.2 Å². The summed E-state index contributed by atoms with van der Waals surface area (Å²) >= 11 is 0. The summed E-state index contributed by atoms with van der Waals surface area (Å²) in [4.78, 5) is 52.8. The summed E-state index contributed by atoms with van der Waals surface area (Å²) in [5.74, 6) is -0.348. The molecule has 5 N–H and O–H groups in total. The number of aliphatic hydroxyl groups is 2. The molecule has 0 aromatic heterocycles. The normalized spacial score (nSPS) is 14.9. The van der Waals surface area contributed by atoms with Gasteiger partial charge in [-0.3, -0.25) is 23.2 Å². The Morgan fingerprint density at radius 3 is 1.71 bits per heavy atom. The van der Waals surface area contributed by atoms with Crippen LogP contribution in [0.2, 0.25) is 0 Å². The van der Waals surface area contributed by atoms with Gasteiger partial charge >= 0.3 is 27.6 Å². The first-order valence-corrected chi connectivity index (χ1v) is 26.8. The number of phosphoric acid groups is 2. The van der Waals surface area contributed by atoms with Crippen molar-refractivity contribution in [3.8, 4) is 0 Å². The van der Waals surface area contributed by atoms with E-state index in [4.69, 9.17) is 23.8 Å². The second-order valence-corrected chi connectivity index (χ2v) is 19.4. The second kappa shape index (κ2) is 41.5. The highest BCUT2D eigenvalue weighted by molar-refractivity contribution is 7.47. The minimum absolute atomic E-state index is 0.0605. The zero-order valence-corrected chi connectivity index (χ0v) is 40.7. The maximum absolute atomic E-state index is 12.7. The van der Waals surface area contributed by atoms with Gasteiger partial charge in [0.15, 0.2) is 6.10 Å². The fraction of sp³-hybridized carbons (Fsp3) is 0.787. The van der Waals surface area contributed by atoms with Crippen LogP contribution in [0.1, 0.15) is 188 Å². The maximum atomic E-state index is 12.7. The van der Waals surface area contributed by atoms with Gasteiger partial charge in [0.2, 0.25) is 0 Å². The van der Waals surface area contributed by atoms with Crippen LogP contribution in [-0.2, 0) is 41.8 Å². The van der Waals surface area contributed by atoms with Crippen molar-refractivity contribution in [2.75, 3.05) is 26.4 Å². The van der Waals surface area contributed by atoms with E-state index in [-0.39, 0.29) is 12.8 Å². The maximum Gasteiger partial charge on any atom is 0.472 e. The van der Waals surface area contributed by atoms with E-state index in [2.05, 4.69) is 42.0 Å². The molecule has 14 nitrogen and oxygen atoms in total. The summed E-state index contributed by atoms with van der Waals surface area (Å²) in [6.07, 6.45) is 38.5. The fourth-order valence-corrected chi connectivity index (χ4v) is 7.47. The Morgan fingerprint density at radius 2 is 1.11 bits per heavy atom. The highest BCUT2D eigenvalue weighted by Crippen LogP contribution is 2.43. The van der Waals surface area contributed by atoms with Crippen molar-refractivity contribution in [2.24, 2.45) is 5.92 Å². The minimum Gasteiger partial charge on any atom is -0.462 e. The number of ether oxygens (including phenoxy) is 2. The summed E-state index contributed by atoms with van der Waals surface area (Å²) in [5, 5.41) is 19.9. The molecule has 0 radical (unpaired) electrons. The number of rotatable bonds is 44. The lowest BCUT2D eigenvalue weighted by molar-refractivity contribution is -0.161.